The molecule has 1 atom stereocenters. The second-order valence-corrected chi connectivity index (χ2v) is 6.55. The maximum absolute atomic E-state index is 13.8. The zero-order valence-corrected chi connectivity index (χ0v) is 13.5. The van der Waals surface area contributed by atoms with E-state index in [0.717, 1.165) is 25.0 Å². The van der Waals surface area contributed by atoms with Crippen LogP contribution in [0.25, 0.3) is 10.9 Å². The first kappa shape index (κ1) is 15.4. The number of rotatable bonds is 4. The van der Waals surface area contributed by atoms with Crippen LogP contribution < -0.4 is 0 Å². The molecule has 0 saturated heterocycles. The van der Waals surface area contributed by atoms with E-state index in [1.165, 1.54) is 17.2 Å². The van der Waals surface area contributed by atoms with Crippen LogP contribution in [0.15, 0.2) is 54.7 Å². The molecule has 0 bridgehead atoms. The molecule has 1 aliphatic heterocycles. The van der Waals surface area contributed by atoms with Gasteiger partial charge in [-0.05, 0) is 35.7 Å². The average Bonchev–Trinajstić information content (AvgIpc) is 2.99. The molecule has 0 radical (unpaired) electrons. The summed E-state index contributed by atoms with van der Waals surface area (Å²) in [7, 11) is 0. The lowest BCUT2D eigenvalue weighted by Gasteiger charge is -2.30. The summed E-state index contributed by atoms with van der Waals surface area (Å²) in [6.45, 7) is 2.96. The van der Waals surface area contributed by atoms with Crippen molar-refractivity contribution >= 4 is 10.9 Å². The van der Waals surface area contributed by atoms with Crippen molar-refractivity contribution in [3.8, 4) is 0 Å². The number of hydrogen-bond acceptors (Lipinski definition) is 2. The molecule has 2 aromatic carbocycles. The van der Waals surface area contributed by atoms with Gasteiger partial charge in [-0.25, -0.2) is 4.39 Å². The average molecular weight is 324 g/mol. The third-order valence-corrected chi connectivity index (χ3v) is 4.85. The molecule has 1 aliphatic rings. The fourth-order valence-electron chi connectivity index (χ4n) is 3.64. The lowest BCUT2D eigenvalue weighted by atomic mass is 10.00. The number of hydrogen-bond donors (Lipinski definition) is 1. The molecule has 3 aromatic rings. The molecular formula is C20H21FN2O. The Kier molecular flexibility index (Phi) is 4.08. The van der Waals surface area contributed by atoms with Crippen molar-refractivity contribution < 1.29 is 9.50 Å². The van der Waals surface area contributed by atoms with Crippen molar-refractivity contribution in [2.75, 3.05) is 13.1 Å². The van der Waals surface area contributed by atoms with Crippen LogP contribution in [0.1, 0.15) is 11.1 Å². The fraction of sp³-hybridized carbons (Fsp3) is 0.300. The van der Waals surface area contributed by atoms with Crippen LogP contribution in [0, 0.1) is 5.82 Å². The van der Waals surface area contributed by atoms with Gasteiger partial charge in [0.25, 0.3) is 0 Å². The van der Waals surface area contributed by atoms with Crippen LogP contribution in [0.4, 0.5) is 4.39 Å². The lowest BCUT2D eigenvalue weighted by molar-refractivity contribution is 0.0928. The van der Waals surface area contributed by atoms with Gasteiger partial charge in [0.05, 0.1) is 11.6 Å². The molecule has 4 heteroatoms. The summed E-state index contributed by atoms with van der Waals surface area (Å²) >= 11 is 0. The number of aliphatic hydroxyl groups excluding tert-OH is 1. The number of aliphatic hydroxyl groups is 1. The van der Waals surface area contributed by atoms with E-state index in [9.17, 15) is 9.50 Å². The summed E-state index contributed by atoms with van der Waals surface area (Å²) in [6, 6.07) is 15.3. The molecule has 0 unspecified atom stereocenters. The largest absolute Gasteiger partial charge is 0.390 e. The number of halogens is 1. The van der Waals surface area contributed by atoms with Gasteiger partial charge in [0.15, 0.2) is 0 Å². The molecule has 124 valence electrons. The van der Waals surface area contributed by atoms with E-state index in [4.69, 9.17) is 0 Å². The van der Waals surface area contributed by atoms with Gasteiger partial charge in [-0.15, -0.1) is 0 Å². The second kappa shape index (κ2) is 6.38. The summed E-state index contributed by atoms with van der Waals surface area (Å²) in [5.74, 6) is -0.214. The Balaban J connectivity index is 1.43. The number of aromatic nitrogens is 1. The molecule has 1 N–H and O–H groups in total. The van der Waals surface area contributed by atoms with Crippen molar-refractivity contribution in [3.63, 3.8) is 0 Å². The third-order valence-electron chi connectivity index (χ3n) is 4.85. The minimum atomic E-state index is -0.478. The van der Waals surface area contributed by atoms with Crippen molar-refractivity contribution in [1.82, 2.24) is 9.47 Å². The molecule has 4 rings (SSSR count). The number of nitrogens with zero attached hydrogens (tertiary/aromatic N) is 2. The van der Waals surface area contributed by atoms with Crippen molar-refractivity contribution in [3.05, 3.63) is 71.7 Å². The fourth-order valence-corrected chi connectivity index (χ4v) is 3.64. The quantitative estimate of drug-likeness (QED) is 0.798. The summed E-state index contributed by atoms with van der Waals surface area (Å²) in [6.07, 6.45) is 2.40. The Bertz CT molecular complexity index is 858. The van der Waals surface area contributed by atoms with Gasteiger partial charge in [0, 0.05) is 37.8 Å². The molecule has 2 heterocycles. The topological polar surface area (TPSA) is 28.4 Å². The molecule has 24 heavy (non-hydrogen) atoms. The first-order valence-electron chi connectivity index (χ1n) is 8.41. The highest BCUT2D eigenvalue weighted by atomic mass is 19.1. The summed E-state index contributed by atoms with van der Waals surface area (Å²) in [5.41, 5.74) is 3.59. The van der Waals surface area contributed by atoms with E-state index in [1.807, 2.05) is 16.8 Å². The predicted molar refractivity (Wildman–Crippen MR) is 93.3 cm³/mol. The molecule has 0 spiro atoms. The maximum Gasteiger partial charge on any atom is 0.132 e. The summed E-state index contributed by atoms with van der Waals surface area (Å²) in [5, 5.41) is 11.1. The smallest absolute Gasteiger partial charge is 0.132 e. The van der Waals surface area contributed by atoms with Crippen molar-refractivity contribution in [1.29, 1.82) is 0 Å². The standard InChI is InChI=1S/C20H21FN2O/c21-19-6-3-7-20-18(19)9-11-23(20)14-17(24)13-22-10-8-15-4-1-2-5-16(15)12-22/h1-7,9,11,17,24H,8,10,12-14H2/t17-/m1/s1. The van der Waals surface area contributed by atoms with E-state index in [0.29, 0.717) is 18.5 Å². The van der Waals surface area contributed by atoms with Crippen LogP contribution in [0.5, 0.6) is 0 Å². The van der Waals surface area contributed by atoms with Gasteiger partial charge in [-0.3, -0.25) is 4.90 Å². The highest BCUT2D eigenvalue weighted by Gasteiger charge is 2.19. The van der Waals surface area contributed by atoms with E-state index < -0.39 is 6.10 Å². The molecular weight excluding hydrogens is 303 g/mol. The Hall–Kier alpha value is -2.17. The van der Waals surface area contributed by atoms with Crippen LogP contribution in [-0.4, -0.2) is 33.8 Å². The number of benzene rings is 2. The minimum Gasteiger partial charge on any atom is -0.390 e. The van der Waals surface area contributed by atoms with Gasteiger partial charge in [-0.1, -0.05) is 30.3 Å². The molecule has 0 aliphatic carbocycles. The Morgan fingerprint density at radius 2 is 1.83 bits per heavy atom. The highest BCUT2D eigenvalue weighted by Crippen LogP contribution is 2.21. The lowest BCUT2D eigenvalue weighted by Crippen LogP contribution is -2.38. The monoisotopic (exact) mass is 324 g/mol. The van der Waals surface area contributed by atoms with Crippen LogP contribution in [0.2, 0.25) is 0 Å². The predicted octanol–water partition coefficient (Wildman–Crippen LogP) is 3.20. The second-order valence-electron chi connectivity index (χ2n) is 6.55. The normalized spacial score (nSPS) is 16.2. The third kappa shape index (κ3) is 2.95. The van der Waals surface area contributed by atoms with Crippen LogP contribution >= 0.6 is 0 Å². The van der Waals surface area contributed by atoms with E-state index >= 15 is 0 Å². The zero-order chi connectivity index (χ0) is 16.5. The molecule has 0 amide bonds. The molecule has 0 saturated carbocycles. The van der Waals surface area contributed by atoms with Gasteiger partial charge >= 0.3 is 0 Å². The zero-order valence-electron chi connectivity index (χ0n) is 13.5. The van der Waals surface area contributed by atoms with Crippen molar-refractivity contribution in [2.24, 2.45) is 0 Å². The van der Waals surface area contributed by atoms with Gasteiger partial charge in [0.2, 0.25) is 0 Å². The van der Waals surface area contributed by atoms with Crippen LogP contribution in [0.3, 0.4) is 0 Å². The molecule has 1 aromatic heterocycles. The molecule has 3 nitrogen and oxygen atoms in total. The first-order valence-corrected chi connectivity index (χ1v) is 8.41. The Morgan fingerprint density at radius 1 is 1.00 bits per heavy atom. The highest BCUT2D eigenvalue weighted by molar-refractivity contribution is 5.80. The van der Waals surface area contributed by atoms with Gasteiger partial charge in [-0.2, -0.15) is 0 Å². The Labute approximate surface area is 140 Å². The first-order chi connectivity index (χ1) is 11.7. The number of β-amino-alcohol motifs (C(OH)–C–C–N with tert-alkyl or cyclic N) is 1. The van der Waals surface area contributed by atoms with Crippen molar-refractivity contribution in [2.45, 2.75) is 25.6 Å². The Morgan fingerprint density at radius 3 is 2.71 bits per heavy atom. The van der Waals surface area contributed by atoms with Crippen LogP contribution in [-0.2, 0) is 19.5 Å². The number of fused-ring (bicyclic) bond motifs is 2. The van der Waals surface area contributed by atoms with E-state index in [2.05, 4.69) is 29.2 Å². The maximum atomic E-state index is 13.8. The summed E-state index contributed by atoms with van der Waals surface area (Å²) < 4.78 is 15.7. The summed E-state index contributed by atoms with van der Waals surface area (Å²) in [4.78, 5) is 2.29. The van der Waals surface area contributed by atoms with E-state index in [-0.39, 0.29) is 5.82 Å². The van der Waals surface area contributed by atoms with Gasteiger partial charge in [0.1, 0.15) is 5.82 Å². The molecule has 0 fully saturated rings. The van der Waals surface area contributed by atoms with E-state index in [1.54, 1.807) is 12.1 Å². The minimum absolute atomic E-state index is 0.214. The van der Waals surface area contributed by atoms with Gasteiger partial charge < -0.3 is 9.67 Å². The SMILES string of the molecule is O[C@H](CN1CCc2ccccc2C1)Cn1ccc2c(F)cccc21.